The Bertz CT molecular complexity index is 1760. The van der Waals surface area contributed by atoms with E-state index >= 15 is 0 Å². The molecule has 2 bridgehead atoms. The molecule has 206 valence electrons. The molecule has 8 nitrogen and oxygen atoms in total. The molecule has 2 amide bonds. The van der Waals surface area contributed by atoms with Crippen LogP contribution in [0.25, 0.3) is 21.9 Å². The molecule has 0 radical (unpaired) electrons. The number of H-pyrrole nitrogens is 2. The first-order valence-electron chi connectivity index (χ1n) is 13.8. The highest BCUT2D eigenvalue weighted by molar-refractivity contribution is 6.01. The maximum atomic E-state index is 14.2. The summed E-state index contributed by atoms with van der Waals surface area (Å²) in [7, 11) is 0. The average Bonchev–Trinajstić information content (AvgIpc) is 3.79. The molecule has 0 saturated carbocycles. The van der Waals surface area contributed by atoms with Gasteiger partial charge in [0.1, 0.15) is 5.82 Å². The summed E-state index contributed by atoms with van der Waals surface area (Å²) in [6.45, 7) is 0.853. The average molecular weight is 550 g/mol. The third-order valence-corrected chi connectivity index (χ3v) is 8.39. The minimum atomic E-state index is -0.583. The minimum absolute atomic E-state index is 0.00230. The van der Waals surface area contributed by atoms with Gasteiger partial charge in [0.15, 0.2) is 11.6 Å². The number of nitrogens with zero attached hydrogens (tertiary/aromatic N) is 3. The van der Waals surface area contributed by atoms with Crippen LogP contribution in [0.1, 0.15) is 39.5 Å². The minimum Gasteiger partial charge on any atom is -0.350 e. The number of aromatic amines is 2. The van der Waals surface area contributed by atoms with Gasteiger partial charge in [0, 0.05) is 30.8 Å². The molecule has 0 aliphatic carbocycles. The smallest absolute Gasteiger partial charge is 0.290 e. The van der Waals surface area contributed by atoms with Gasteiger partial charge in [-0.25, -0.2) is 9.37 Å². The number of piperazine rings is 1. The number of halogens is 1. The van der Waals surface area contributed by atoms with E-state index in [4.69, 9.17) is 0 Å². The van der Waals surface area contributed by atoms with E-state index in [1.54, 1.807) is 18.2 Å². The van der Waals surface area contributed by atoms with Crippen LogP contribution in [-0.4, -0.2) is 67.5 Å². The van der Waals surface area contributed by atoms with Crippen molar-refractivity contribution in [1.82, 2.24) is 24.8 Å². The van der Waals surface area contributed by atoms with Gasteiger partial charge >= 0.3 is 0 Å². The van der Waals surface area contributed by atoms with E-state index in [9.17, 15) is 18.8 Å². The van der Waals surface area contributed by atoms with Crippen LogP contribution >= 0.6 is 0 Å². The molecule has 7 rings (SSSR count). The Morgan fingerprint density at radius 2 is 1.66 bits per heavy atom. The second-order valence-electron chi connectivity index (χ2n) is 11.0. The molecular weight excluding hydrogens is 521 g/mol. The lowest BCUT2D eigenvalue weighted by atomic mass is 9.91. The number of likely N-dealkylation sites (tertiary alicyclic amines) is 2. The van der Waals surface area contributed by atoms with E-state index in [0.717, 1.165) is 16.6 Å². The highest BCUT2D eigenvalue weighted by Crippen LogP contribution is 2.34. The predicted molar refractivity (Wildman–Crippen MR) is 152 cm³/mol. The van der Waals surface area contributed by atoms with Gasteiger partial charge in [-0.15, -0.1) is 0 Å². The summed E-state index contributed by atoms with van der Waals surface area (Å²) in [5, 5.41) is 0.616. The molecule has 2 saturated heterocycles. The molecular formula is C32H28FN5O3. The van der Waals surface area contributed by atoms with Crippen LogP contribution in [0.3, 0.4) is 0 Å². The van der Waals surface area contributed by atoms with Crippen molar-refractivity contribution in [2.24, 2.45) is 5.92 Å². The lowest BCUT2D eigenvalue weighted by molar-refractivity contribution is -0.137. The fourth-order valence-electron chi connectivity index (χ4n) is 6.36. The quantitative estimate of drug-likeness (QED) is 0.286. The van der Waals surface area contributed by atoms with Crippen molar-refractivity contribution in [3.63, 3.8) is 0 Å². The van der Waals surface area contributed by atoms with Crippen LogP contribution in [0.5, 0.6) is 0 Å². The molecule has 2 aromatic heterocycles. The Balaban J connectivity index is 1.09. The molecule has 41 heavy (non-hydrogen) atoms. The standard InChI is InChI=1S/C32H28FN5O3/c33-24-10-6-9-20-14-27(34-29(20)24)28(39)15-21(13-19-7-2-1-3-8-19)31(40)37-17-23-16-22(37)18-38(23)32(41)30-35-25-11-4-5-12-26(25)36-30/h1-12,14,21-23,34H,13,15-18H2,(H,35,36)/t21-,22+,23+/m1/s1. The lowest BCUT2D eigenvalue weighted by Gasteiger charge is -2.35. The Kier molecular flexibility index (Phi) is 6.14. The first-order valence-corrected chi connectivity index (χ1v) is 13.8. The zero-order valence-corrected chi connectivity index (χ0v) is 22.2. The van der Waals surface area contributed by atoms with Gasteiger partial charge in [-0.3, -0.25) is 14.4 Å². The number of para-hydroxylation sites is 3. The van der Waals surface area contributed by atoms with Crippen molar-refractivity contribution >= 4 is 39.5 Å². The molecule has 4 heterocycles. The summed E-state index contributed by atoms with van der Waals surface area (Å²) in [5.41, 5.74) is 3.09. The SMILES string of the molecule is O=C(C[C@@H](Cc1ccccc1)C(=O)N1C[C@@H]2C[C@H]1CN2C(=O)c1nc2ccccc2[nH]1)c1cc2cccc(F)c2[nH]1. The highest BCUT2D eigenvalue weighted by Gasteiger charge is 2.48. The third-order valence-electron chi connectivity index (χ3n) is 8.39. The largest absolute Gasteiger partial charge is 0.350 e. The van der Waals surface area contributed by atoms with E-state index in [1.165, 1.54) is 6.07 Å². The van der Waals surface area contributed by atoms with Crippen molar-refractivity contribution in [3.8, 4) is 0 Å². The summed E-state index contributed by atoms with van der Waals surface area (Å²) in [6, 6.07) is 23.3. The number of carbonyl (C=O) groups is 3. The Morgan fingerprint density at radius 3 is 2.41 bits per heavy atom. The van der Waals surface area contributed by atoms with Crippen LogP contribution in [-0.2, 0) is 11.2 Å². The number of carbonyl (C=O) groups excluding carboxylic acids is 3. The van der Waals surface area contributed by atoms with Crippen LogP contribution in [0.4, 0.5) is 4.39 Å². The lowest BCUT2D eigenvalue weighted by Crippen LogP contribution is -2.52. The number of benzene rings is 3. The van der Waals surface area contributed by atoms with Crippen molar-refractivity contribution in [1.29, 1.82) is 0 Å². The monoisotopic (exact) mass is 549 g/mol. The van der Waals surface area contributed by atoms with Crippen molar-refractivity contribution in [3.05, 3.63) is 102 Å². The van der Waals surface area contributed by atoms with Crippen molar-refractivity contribution in [2.45, 2.75) is 31.3 Å². The number of aromatic nitrogens is 3. The number of Topliss-reactive ketones (excluding diaryl/α,β-unsaturated/α-hetero) is 1. The topological polar surface area (TPSA) is 102 Å². The van der Waals surface area contributed by atoms with Gasteiger partial charge in [-0.1, -0.05) is 54.6 Å². The van der Waals surface area contributed by atoms with Crippen molar-refractivity contribution < 1.29 is 18.8 Å². The molecule has 9 heteroatoms. The third kappa shape index (κ3) is 4.57. The highest BCUT2D eigenvalue weighted by atomic mass is 19.1. The normalized spacial score (nSPS) is 18.9. The molecule has 2 fully saturated rings. The molecule has 5 aromatic rings. The first-order chi connectivity index (χ1) is 19.9. The van der Waals surface area contributed by atoms with Gasteiger partial charge < -0.3 is 19.8 Å². The van der Waals surface area contributed by atoms with E-state index < -0.39 is 11.7 Å². The fourth-order valence-corrected chi connectivity index (χ4v) is 6.36. The number of hydrogen-bond donors (Lipinski definition) is 2. The number of rotatable bonds is 7. The van der Waals surface area contributed by atoms with Crippen LogP contribution in [0.2, 0.25) is 0 Å². The van der Waals surface area contributed by atoms with Gasteiger partial charge in [0.2, 0.25) is 5.91 Å². The molecule has 0 unspecified atom stereocenters. The van der Waals surface area contributed by atoms with Crippen LogP contribution in [0, 0.1) is 11.7 Å². The van der Waals surface area contributed by atoms with E-state index in [1.807, 2.05) is 64.4 Å². The molecule has 2 N–H and O–H groups in total. The Morgan fingerprint density at radius 1 is 0.902 bits per heavy atom. The predicted octanol–water partition coefficient (Wildman–Crippen LogP) is 4.74. The zero-order valence-electron chi connectivity index (χ0n) is 22.2. The zero-order chi connectivity index (χ0) is 28.1. The molecule has 2 aliphatic rings. The van der Waals surface area contributed by atoms with Crippen molar-refractivity contribution in [2.75, 3.05) is 13.1 Å². The fraction of sp³-hybridized carbons (Fsp3) is 0.250. The van der Waals surface area contributed by atoms with E-state index in [-0.39, 0.29) is 41.6 Å². The van der Waals surface area contributed by atoms with E-state index in [0.29, 0.717) is 42.8 Å². The number of imidazole rings is 1. The summed E-state index contributed by atoms with van der Waals surface area (Å²) in [4.78, 5) is 54.8. The van der Waals surface area contributed by atoms with Gasteiger partial charge in [0.05, 0.1) is 34.3 Å². The molecule has 2 aliphatic heterocycles. The van der Waals surface area contributed by atoms with Crippen LogP contribution in [0.15, 0.2) is 78.9 Å². The number of hydrogen-bond acceptors (Lipinski definition) is 4. The second kappa shape index (κ2) is 9.99. The number of amides is 2. The molecule has 3 atom stereocenters. The van der Waals surface area contributed by atoms with Gasteiger partial charge in [0.25, 0.3) is 5.91 Å². The van der Waals surface area contributed by atoms with Gasteiger partial charge in [-0.2, -0.15) is 0 Å². The number of fused-ring (bicyclic) bond motifs is 4. The molecule has 0 spiro atoms. The second-order valence-corrected chi connectivity index (χ2v) is 11.0. The van der Waals surface area contributed by atoms with Gasteiger partial charge in [-0.05, 0) is 42.7 Å². The summed E-state index contributed by atoms with van der Waals surface area (Å²) in [5.74, 6) is -1.19. The van der Waals surface area contributed by atoms with E-state index in [2.05, 4.69) is 15.0 Å². The number of nitrogens with one attached hydrogen (secondary N) is 2. The van der Waals surface area contributed by atoms with Crippen LogP contribution < -0.4 is 0 Å². The summed E-state index contributed by atoms with van der Waals surface area (Å²) >= 11 is 0. The Labute approximate surface area is 235 Å². The maximum Gasteiger partial charge on any atom is 0.290 e. The number of ketones is 1. The summed E-state index contributed by atoms with van der Waals surface area (Å²) in [6.07, 6.45) is 1.11. The molecule has 3 aromatic carbocycles. The first kappa shape index (κ1) is 25.2. The Hall–Kier alpha value is -4.79. The summed E-state index contributed by atoms with van der Waals surface area (Å²) < 4.78 is 14.2. The maximum absolute atomic E-state index is 14.2.